The van der Waals surface area contributed by atoms with E-state index in [1.807, 2.05) is 0 Å². The summed E-state index contributed by atoms with van der Waals surface area (Å²) in [4.78, 5) is 30.3. The van der Waals surface area contributed by atoms with E-state index >= 15 is 0 Å². The number of amides is 1. The molecule has 0 fully saturated rings. The Kier molecular flexibility index (Phi) is 5.46. The molecule has 9 heteroatoms. The average molecular weight is 392 g/mol. The molecule has 2 heterocycles. The predicted molar refractivity (Wildman–Crippen MR) is 93.9 cm³/mol. The molecular weight excluding hydrogens is 380 g/mol. The van der Waals surface area contributed by atoms with E-state index in [1.54, 1.807) is 12.1 Å². The van der Waals surface area contributed by atoms with Crippen molar-refractivity contribution in [3.05, 3.63) is 86.9 Å². The van der Waals surface area contributed by atoms with Crippen molar-refractivity contribution in [3.8, 4) is 11.6 Å². The molecule has 2 N–H and O–H groups in total. The second-order valence-electron chi connectivity index (χ2n) is 5.39. The number of carbonyl (C=O) groups is 1. The van der Waals surface area contributed by atoms with Crippen LogP contribution in [0.25, 0.3) is 0 Å². The minimum Gasteiger partial charge on any atom is -0.436 e. The number of nitrogens with one attached hydrogen (secondary N) is 2. The molecule has 138 valence electrons. The standard InChI is InChI=1S/C18H12ClF2N3O3/c19-11-6-13(17(26)24-9-11)16(25)23-8-10-2-1-5-22-18(10)27-15-4-3-12(20)7-14(15)21/h1-7,9H,8H2,(H,23,25)(H,24,26). The Bertz CT molecular complexity index is 1060. The van der Waals surface area contributed by atoms with Crippen molar-refractivity contribution in [1.82, 2.24) is 15.3 Å². The number of ether oxygens (including phenoxy) is 1. The van der Waals surface area contributed by atoms with Crippen LogP contribution in [0, 0.1) is 11.6 Å². The maximum Gasteiger partial charge on any atom is 0.260 e. The molecule has 0 aliphatic heterocycles. The molecule has 0 spiro atoms. The van der Waals surface area contributed by atoms with Crippen LogP contribution in [-0.2, 0) is 6.54 Å². The summed E-state index contributed by atoms with van der Waals surface area (Å²) >= 11 is 5.78. The van der Waals surface area contributed by atoms with Gasteiger partial charge in [-0.1, -0.05) is 17.7 Å². The Balaban J connectivity index is 1.77. The largest absolute Gasteiger partial charge is 0.436 e. The number of carbonyl (C=O) groups excluding carboxylic acids is 1. The van der Waals surface area contributed by atoms with Crippen molar-refractivity contribution >= 4 is 17.5 Å². The number of hydrogen-bond donors (Lipinski definition) is 2. The summed E-state index contributed by atoms with van der Waals surface area (Å²) < 4.78 is 32.2. The van der Waals surface area contributed by atoms with Gasteiger partial charge in [-0.2, -0.15) is 0 Å². The van der Waals surface area contributed by atoms with Crippen molar-refractivity contribution in [2.24, 2.45) is 0 Å². The fourth-order valence-electron chi connectivity index (χ4n) is 2.21. The molecule has 3 rings (SSSR count). The number of pyridine rings is 2. The van der Waals surface area contributed by atoms with E-state index in [0.717, 1.165) is 12.1 Å². The highest BCUT2D eigenvalue weighted by Gasteiger charge is 2.14. The van der Waals surface area contributed by atoms with Gasteiger partial charge in [0, 0.05) is 30.6 Å². The zero-order chi connectivity index (χ0) is 19.4. The Hall–Kier alpha value is -3.26. The number of rotatable bonds is 5. The Labute approximate surface area is 156 Å². The molecular formula is C18H12ClF2N3O3. The smallest absolute Gasteiger partial charge is 0.260 e. The second kappa shape index (κ2) is 7.96. The van der Waals surface area contributed by atoms with Crippen molar-refractivity contribution in [2.45, 2.75) is 6.54 Å². The van der Waals surface area contributed by atoms with Crippen molar-refractivity contribution in [2.75, 3.05) is 0 Å². The molecule has 0 saturated heterocycles. The number of aromatic nitrogens is 2. The summed E-state index contributed by atoms with van der Waals surface area (Å²) in [5.74, 6) is -2.46. The van der Waals surface area contributed by atoms with Crippen LogP contribution in [0.1, 0.15) is 15.9 Å². The van der Waals surface area contributed by atoms with E-state index in [2.05, 4.69) is 15.3 Å². The van der Waals surface area contributed by atoms with E-state index < -0.39 is 23.1 Å². The Morgan fingerprint density at radius 1 is 1.26 bits per heavy atom. The van der Waals surface area contributed by atoms with E-state index in [-0.39, 0.29) is 28.8 Å². The number of hydrogen-bond acceptors (Lipinski definition) is 4. The van der Waals surface area contributed by atoms with Gasteiger partial charge in [0.15, 0.2) is 11.6 Å². The lowest BCUT2D eigenvalue weighted by Gasteiger charge is -2.11. The van der Waals surface area contributed by atoms with Crippen LogP contribution in [0.5, 0.6) is 11.6 Å². The molecule has 1 aromatic carbocycles. The molecule has 0 unspecified atom stereocenters. The molecule has 0 bridgehead atoms. The van der Waals surface area contributed by atoms with Gasteiger partial charge in [0.05, 0.1) is 5.02 Å². The van der Waals surface area contributed by atoms with Gasteiger partial charge >= 0.3 is 0 Å². The molecule has 1 amide bonds. The molecule has 0 atom stereocenters. The van der Waals surface area contributed by atoms with Gasteiger partial charge in [-0.05, 0) is 24.3 Å². The number of benzene rings is 1. The number of aromatic amines is 1. The maximum absolute atomic E-state index is 13.8. The summed E-state index contributed by atoms with van der Waals surface area (Å²) in [6.45, 7) is -0.0449. The lowest BCUT2D eigenvalue weighted by Crippen LogP contribution is -2.29. The Morgan fingerprint density at radius 2 is 2.07 bits per heavy atom. The van der Waals surface area contributed by atoms with Crippen molar-refractivity contribution in [1.29, 1.82) is 0 Å². The topological polar surface area (TPSA) is 84.1 Å². The lowest BCUT2D eigenvalue weighted by molar-refractivity contribution is 0.0949. The van der Waals surface area contributed by atoms with Crippen LogP contribution in [0.4, 0.5) is 8.78 Å². The van der Waals surface area contributed by atoms with E-state index in [9.17, 15) is 18.4 Å². The van der Waals surface area contributed by atoms with Gasteiger partial charge in [0.1, 0.15) is 11.4 Å². The van der Waals surface area contributed by atoms with E-state index in [1.165, 1.54) is 18.5 Å². The molecule has 0 saturated carbocycles. The normalized spacial score (nSPS) is 10.5. The zero-order valence-electron chi connectivity index (χ0n) is 13.6. The van der Waals surface area contributed by atoms with Crippen LogP contribution in [0.15, 0.2) is 53.6 Å². The highest BCUT2D eigenvalue weighted by Crippen LogP contribution is 2.26. The van der Waals surface area contributed by atoms with Crippen LogP contribution in [0.3, 0.4) is 0 Å². The number of nitrogens with zero attached hydrogens (tertiary/aromatic N) is 1. The molecule has 27 heavy (non-hydrogen) atoms. The van der Waals surface area contributed by atoms with Crippen molar-refractivity contribution in [3.63, 3.8) is 0 Å². The van der Waals surface area contributed by atoms with Crippen LogP contribution >= 0.6 is 11.6 Å². The Morgan fingerprint density at radius 3 is 2.85 bits per heavy atom. The summed E-state index contributed by atoms with van der Waals surface area (Å²) in [7, 11) is 0. The van der Waals surface area contributed by atoms with Gasteiger partial charge < -0.3 is 15.0 Å². The van der Waals surface area contributed by atoms with Crippen LogP contribution in [0.2, 0.25) is 5.02 Å². The molecule has 0 radical (unpaired) electrons. The summed E-state index contributed by atoms with van der Waals surface area (Å²) in [5, 5.41) is 2.75. The van der Waals surface area contributed by atoms with Gasteiger partial charge in [0.25, 0.3) is 11.5 Å². The summed E-state index contributed by atoms with van der Waals surface area (Å²) in [6, 6.07) is 7.31. The fraction of sp³-hybridized carbons (Fsp3) is 0.0556. The van der Waals surface area contributed by atoms with Gasteiger partial charge in [-0.15, -0.1) is 0 Å². The minimum absolute atomic E-state index is 0.0308. The van der Waals surface area contributed by atoms with Crippen LogP contribution in [-0.4, -0.2) is 15.9 Å². The average Bonchev–Trinajstić information content (AvgIpc) is 2.65. The van der Waals surface area contributed by atoms with E-state index in [4.69, 9.17) is 16.3 Å². The SMILES string of the molecule is O=C(NCc1cccnc1Oc1ccc(F)cc1F)c1cc(Cl)c[nH]c1=O. The third kappa shape index (κ3) is 4.48. The highest BCUT2D eigenvalue weighted by molar-refractivity contribution is 6.30. The first-order chi connectivity index (χ1) is 12.9. The number of H-pyrrole nitrogens is 1. The predicted octanol–water partition coefficient (Wildman–Crippen LogP) is 3.42. The summed E-state index contributed by atoms with van der Waals surface area (Å²) in [6.07, 6.45) is 2.69. The molecule has 6 nitrogen and oxygen atoms in total. The zero-order valence-corrected chi connectivity index (χ0v) is 14.4. The van der Waals surface area contributed by atoms with Gasteiger partial charge in [-0.3, -0.25) is 9.59 Å². The van der Waals surface area contributed by atoms with Crippen molar-refractivity contribution < 1.29 is 18.3 Å². The van der Waals surface area contributed by atoms with Gasteiger partial charge in [0.2, 0.25) is 5.88 Å². The first-order valence-corrected chi connectivity index (χ1v) is 8.05. The van der Waals surface area contributed by atoms with Gasteiger partial charge in [-0.25, -0.2) is 13.8 Å². The second-order valence-corrected chi connectivity index (χ2v) is 5.82. The third-order valence-corrected chi connectivity index (χ3v) is 3.72. The third-order valence-electron chi connectivity index (χ3n) is 3.50. The maximum atomic E-state index is 13.8. The molecule has 0 aliphatic carbocycles. The molecule has 2 aromatic heterocycles. The summed E-state index contributed by atoms with van der Waals surface area (Å²) in [5.41, 5.74) is -0.320. The first-order valence-electron chi connectivity index (χ1n) is 7.67. The highest BCUT2D eigenvalue weighted by atomic mass is 35.5. The lowest BCUT2D eigenvalue weighted by atomic mass is 10.2. The molecule has 3 aromatic rings. The first kappa shape index (κ1) is 18.5. The fourth-order valence-corrected chi connectivity index (χ4v) is 2.37. The van der Waals surface area contributed by atoms with Crippen LogP contribution < -0.4 is 15.6 Å². The quantitative estimate of drug-likeness (QED) is 0.698. The van der Waals surface area contributed by atoms with E-state index in [0.29, 0.717) is 11.6 Å². The molecule has 0 aliphatic rings. The monoisotopic (exact) mass is 391 g/mol. The number of halogens is 3. The minimum atomic E-state index is -0.888.